The molecule has 106 valence electrons. The van der Waals surface area contributed by atoms with Gasteiger partial charge in [-0.3, -0.25) is 0 Å². The molecular weight excluding hydrogens is 277 g/mol. The molecule has 20 heavy (non-hydrogen) atoms. The van der Waals surface area contributed by atoms with Crippen LogP contribution in [0, 0.1) is 0 Å². The van der Waals surface area contributed by atoms with E-state index >= 15 is 0 Å². The van der Waals surface area contributed by atoms with Gasteiger partial charge in [-0.15, -0.1) is 10.2 Å². The molecule has 1 aromatic heterocycles. The van der Waals surface area contributed by atoms with Crippen molar-refractivity contribution in [3.05, 3.63) is 35.7 Å². The summed E-state index contributed by atoms with van der Waals surface area (Å²) >= 11 is 0. The fourth-order valence-electron chi connectivity index (χ4n) is 1.44. The number of carbonyl (C=O) groups excluding carboxylic acids is 1. The highest BCUT2D eigenvalue weighted by Crippen LogP contribution is 2.31. The molecule has 0 amide bonds. The summed E-state index contributed by atoms with van der Waals surface area (Å²) in [5.74, 6) is -1.41. The minimum atomic E-state index is -4.47. The number of halogens is 3. The number of hydrogen-bond donors (Lipinski definition) is 0. The summed E-state index contributed by atoms with van der Waals surface area (Å²) in [4.78, 5) is 11.3. The Morgan fingerprint density at radius 2 is 2.10 bits per heavy atom. The number of rotatable bonds is 3. The molecule has 0 unspecified atom stereocenters. The molecule has 1 heterocycles. The van der Waals surface area contributed by atoms with E-state index in [-0.39, 0.29) is 18.1 Å². The van der Waals surface area contributed by atoms with Crippen molar-refractivity contribution in [2.24, 2.45) is 0 Å². The maximum atomic E-state index is 12.6. The van der Waals surface area contributed by atoms with Gasteiger partial charge >= 0.3 is 18.0 Å². The summed E-state index contributed by atoms with van der Waals surface area (Å²) in [7, 11) is 0. The highest BCUT2D eigenvalue weighted by atomic mass is 19.4. The molecule has 0 N–H and O–H groups in total. The smallest absolute Gasteiger partial charge is 0.416 e. The summed E-state index contributed by atoms with van der Waals surface area (Å²) in [5.41, 5.74) is -0.770. The monoisotopic (exact) mass is 286 g/mol. The van der Waals surface area contributed by atoms with Gasteiger partial charge in [0.25, 0.3) is 0 Å². The van der Waals surface area contributed by atoms with Gasteiger partial charge in [0, 0.05) is 5.56 Å². The van der Waals surface area contributed by atoms with Crippen LogP contribution >= 0.6 is 0 Å². The van der Waals surface area contributed by atoms with Crippen molar-refractivity contribution in [1.29, 1.82) is 0 Å². The van der Waals surface area contributed by atoms with Crippen molar-refractivity contribution >= 4 is 5.97 Å². The minimum absolute atomic E-state index is 0.0721. The molecule has 0 bridgehead atoms. The van der Waals surface area contributed by atoms with Crippen LogP contribution in [0.15, 0.2) is 28.7 Å². The van der Waals surface area contributed by atoms with Gasteiger partial charge in [-0.05, 0) is 25.1 Å². The molecule has 0 radical (unpaired) electrons. The lowest BCUT2D eigenvalue weighted by molar-refractivity contribution is -0.137. The molecular formula is C12H9F3N2O3. The third-order valence-corrected chi connectivity index (χ3v) is 2.31. The van der Waals surface area contributed by atoms with Gasteiger partial charge in [-0.25, -0.2) is 4.79 Å². The third kappa shape index (κ3) is 2.95. The normalized spacial score (nSPS) is 11.4. The molecule has 0 saturated carbocycles. The standard InChI is InChI=1S/C12H9F3N2O3/c1-2-19-11(18)10-17-16-9(20-10)7-4-3-5-8(6-7)12(13,14)15/h3-6H,2H2,1H3. The first kappa shape index (κ1) is 14.0. The van der Waals surface area contributed by atoms with Crippen molar-refractivity contribution in [2.45, 2.75) is 13.1 Å². The van der Waals surface area contributed by atoms with Crippen molar-refractivity contribution in [1.82, 2.24) is 10.2 Å². The van der Waals surface area contributed by atoms with E-state index in [0.717, 1.165) is 12.1 Å². The number of alkyl halides is 3. The number of hydrogen-bond acceptors (Lipinski definition) is 5. The van der Waals surface area contributed by atoms with Crippen molar-refractivity contribution in [3.63, 3.8) is 0 Å². The van der Waals surface area contributed by atoms with Crippen LogP contribution in [-0.4, -0.2) is 22.8 Å². The van der Waals surface area contributed by atoms with Crippen LogP contribution in [0.25, 0.3) is 11.5 Å². The van der Waals surface area contributed by atoms with Crippen LogP contribution in [0.1, 0.15) is 23.2 Å². The van der Waals surface area contributed by atoms with E-state index in [1.165, 1.54) is 12.1 Å². The Labute approximate surface area is 111 Å². The van der Waals surface area contributed by atoms with Gasteiger partial charge in [-0.1, -0.05) is 6.07 Å². The predicted octanol–water partition coefficient (Wildman–Crippen LogP) is 2.93. The van der Waals surface area contributed by atoms with E-state index in [2.05, 4.69) is 14.9 Å². The van der Waals surface area contributed by atoms with Crippen molar-refractivity contribution in [2.75, 3.05) is 6.61 Å². The van der Waals surface area contributed by atoms with E-state index in [9.17, 15) is 18.0 Å². The van der Waals surface area contributed by atoms with E-state index in [0.29, 0.717) is 0 Å². The van der Waals surface area contributed by atoms with Crippen LogP contribution < -0.4 is 0 Å². The highest BCUT2D eigenvalue weighted by Gasteiger charge is 2.31. The Hall–Kier alpha value is -2.38. The summed E-state index contributed by atoms with van der Waals surface area (Å²) < 4.78 is 47.4. The molecule has 5 nitrogen and oxygen atoms in total. The summed E-state index contributed by atoms with van der Waals surface area (Å²) in [5, 5.41) is 6.96. The van der Waals surface area contributed by atoms with Gasteiger partial charge in [0.15, 0.2) is 0 Å². The second kappa shape index (κ2) is 5.32. The summed E-state index contributed by atoms with van der Waals surface area (Å²) in [6.07, 6.45) is -4.47. The zero-order valence-electron chi connectivity index (χ0n) is 10.3. The minimum Gasteiger partial charge on any atom is -0.459 e. The Kier molecular flexibility index (Phi) is 3.73. The van der Waals surface area contributed by atoms with Crippen LogP contribution in [0.2, 0.25) is 0 Å². The van der Waals surface area contributed by atoms with Crippen LogP contribution in [-0.2, 0) is 10.9 Å². The maximum absolute atomic E-state index is 12.6. The van der Waals surface area contributed by atoms with Crippen molar-refractivity contribution in [3.8, 4) is 11.5 Å². The lowest BCUT2D eigenvalue weighted by atomic mass is 10.1. The van der Waals surface area contributed by atoms with Gasteiger partial charge < -0.3 is 9.15 Å². The quantitative estimate of drug-likeness (QED) is 0.812. The topological polar surface area (TPSA) is 65.2 Å². The average molecular weight is 286 g/mol. The molecule has 0 aliphatic carbocycles. The molecule has 2 aromatic rings. The number of carbonyl (C=O) groups is 1. The maximum Gasteiger partial charge on any atom is 0.416 e. The molecule has 0 aliphatic rings. The summed E-state index contributed by atoms with van der Waals surface area (Å²) in [6, 6.07) is 4.37. The Bertz CT molecular complexity index is 622. The van der Waals surface area contributed by atoms with E-state index < -0.39 is 23.6 Å². The first-order valence-electron chi connectivity index (χ1n) is 5.60. The predicted molar refractivity (Wildman–Crippen MR) is 60.7 cm³/mol. The number of esters is 1. The Balaban J connectivity index is 2.31. The molecule has 0 saturated heterocycles. The fourth-order valence-corrected chi connectivity index (χ4v) is 1.44. The molecule has 0 aliphatic heterocycles. The largest absolute Gasteiger partial charge is 0.459 e. The van der Waals surface area contributed by atoms with Gasteiger partial charge in [0.05, 0.1) is 12.2 Å². The van der Waals surface area contributed by atoms with Gasteiger partial charge in [0.2, 0.25) is 5.89 Å². The van der Waals surface area contributed by atoms with E-state index in [1.807, 2.05) is 0 Å². The first-order valence-corrected chi connectivity index (χ1v) is 5.60. The Morgan fingerprint density at radius 1 is 1.35 bits per heavy atom. The lowest BCUT2D eigenvalue weighted by Gasteiger charge is -2.06. The highest BCUT2D eigenvalue weighted by molar-refractivity contribution is 5.84. The fraction of sp³-hybridized carbons (Fsp3) is 0.250. The van der Waals surface area contributed by atoms with Crippen LogP contribution in [0.3, 0.4) is 0 Å². The molecule has 0 fully saturated rings. The molecule has 2 rings (SSSR count). The SMILES string of the molecule is CCOC(=O)c1nnc(-c2cccc(C(F)(F)F)c2)o1. The number of benzene rings is 1. The number of nitrogens with zero attached hydrogens (tertiary/aromatic N) is 2. The molecule has 8 heteroatoms. The van der Waals surface area contributed by atoms with Crippen LogP contribution in [0.5, 0.6) is 0 Å². The van der Waals surface area contributed by atoms with Crippen LogP contribution in [0.4, 0.5) is 13.2 Å². The lowest BCUT2D eigenvalue weighted by Crippen LogP contribution is -2.04. The molecule has 0 atom stereocenters. The molecule has 1 aromatic carbocycles. The number of aromatic nitrogens is 2. The summed E-state index contributed by atoms with van der Waals surface area (Å²) in [6.45, 7) is 1.72. The third-order valence-electron chi connectivity index (χ3n) is 2.31. The van der Waals surface area contributed by atoms with E-state index in [4.69, 9.17) is 4.42 Å². The average Bonchev–Trinajstić information content (AvgIpc) is 2.88. The molecule has 0 spiro atoms. The zero-order chi connectivity index (χ0) is 14.8. The Morgan fingerprint density at radius 3 is 2.75 bits per heavy atom. The first-order chi connectivity index (χ1) is 9.41. The van der Waals surface area contributed by atoms with Crippen molar-refractivity contribution < 1.29 is 27.1 Å². The second-order valence-corrected chi connectivity index (χ2v) is 3.71. The van der Waals surface area contributed by atoms with Gasteiger partial charge in [-0.2, -0.15) is 13.2 Å². The number of ether oxygens (including phenoxy) is 1. The van der Waals surface area contributed by atoms with Gasteiger partial charge in [0.1, 0.15) is 0 Å². The second-order valence-electron chi connectivity index (χ2n) is 3.71. The zero-order valence-corrected chi connectivity index (χ0v) is 10.3. The van der Waals surface area contributed by atoms with E-state index in [1.54, 1.807) is 6.92 Å².